The van der Waals surface area contributed by atoms with E-state index in [1.54, 1.807) is 6.92 Å². The van der Waals surface area contributed by atoms with Crippen molar-refractivity contribution in [3.05, 3.63) is 29.6 Å². The smallest absolute Gasteiger partial charge is 0.153 e. The molecule has 0 bridgehead atoms. The molecule has 1 N–H and O–H groups in total. The fraction of sp³-hybridized carbons (Fsp3) is 0.538. The Morgan fingerprint density at radius 3 is 2.63 bits per heavy atom. The van der Waals surface area contributed by atoms with Crippen LogP contribution in [0.15, 0.2) is 18.2 Å². The molecule has 0 saturated carbocycles. The first-order valence-corrected chi connectivity index (χ1v) is 7.98. The van der Waals surface area contributed by atoms with Gasteiger partial charge in [0, 0.05) is 5.56 Å². The Balaban J connectivity index is 2.68. The van der Waals surface area contributed by atoms with Crippen molar-refractivity contribution in [2.75, 3.05) is 18.1 Å². The molecule has 0 aliphatic heterocycles. The minimum Gasteiger partial charge on any atom is -0.492 e. The first-order chi connectivity index (χ1) is 8.85. The average molecular weight is 290 g/mol. The van der Waals surface area contributed by atoms with Crippen molar-refractivity contribution in [1.82, 2.24) is 0 Å². The van der Waals surface area contributed by atoms with Gasteiger partial charge in [-0.15, -0.1) is 0 Å². The molecule has 0 aliphatic rings. The third-order valence-electron chi connectivity index (χ3n) is 2.59. The minimum atomic E-state index is -3.10. The van der Waals surface area contributed by atoms with Crippen molar-refractivity contribution < 1.29 is 22.7 Å². The van der Waals surface area contributed by atoms with Gasteiger partial charge in [-0.3, -0.25) is 0 Å². The number of hydrogen-bond acceptors (Lipinski definition) is 4. The third-order valence-corrected chi connectivity index (χ3v) is 4.41. The maximum Gasteiger partial charge on any atom is 0.153 e. The van der Waals surface area contributed by atoms with E-state index >= 15 is 0 Å². The highest BCUT2D eigenvalue weighted by molar-refractivity contribution is 7.91. The number of halogens is 1. The van der Waals surface area contributed by atoms with Crippen LogP contribution in [0.4, 0.5) is 4.39 Å². The zero-order valence-electron chi connectivity index (χ0n) is 11.1. The number of aliphatic hydroxyl groups excluding tert-OH is 1. The second-order valence-electron chi connectivity index (χ2n) is 4.36. The highest BCUT2D eigenvalue weighted by Gasteiger charge is 2.13. The van der Waals surface area contributed by atoms with E-state index in [4.69, 9.17) is 4.74 Å². The molecule has 1 aromatic rings. The van der Waals surface area contributed by atoms with E-state index in [1.165, 1.54) is 25.1 Å². The fourth-order valence-electron chi connectivity index (χ4n) is 1.67. The van der Waals surface area contributed by atoms with Crippen LogP contribution in [-0.4, -0.2) is 31.6 Å². The summed E-state index contributed by atoms with van der Waals surface area (Å²) in [5.41, 5.74) is 0.313. The Kier molecular flexibility index (Phi) is 5.75. The van der Waals surface area contributed by atoms with Crippen molar-refractivity contribution in [2.24, 2.45) is 0 Å². The molecule has 1 aromatic carbocycles. The third kappa shape index (κ3) is 5.16. The van der Waals surface area contributed by atoms with Gasteiger partial charge in [0.15, 0.2) is 9.84 Å². The van der Waals surface area contributed by atoms with Crippen molar-refractivity contribution >= 4 is 9.84 Å². The van der Waals surface area contributed by atoms with Crippen molar-refractivity contribution in [2.45, 2.75) is 26.4 Å². The van der Waals surface area contributed by atoms with Crippen LogP contribution in [0, 0.1) is 5.82 Å². The van der Waals surface area contributed by atoms with E-state index < -0.39 is 21.8 Å². The summed E-state index contributed by atoms with van der Waals surface area (Å²) in [4.78, 5) is 0. The number of aliphatic hydroxyl groups is 1. The molecule has 0 amide bonds. The zero-order valence-corrected chi connectivity index (χ0v) is 11.9. The molecule has 0 spiro atoms. The zero-order chi connectivity index (χ0) is 14.5. The van der Waals surface area contributed by atoms with Gasteiger partial charge in [0.1, 0.15) is 18.2 Å². The summed E-state index contributed by atoms with van der Waals surface area (Å²) >= 11 is 0. The number of ether oxygens (including phenoxy) is 1. The molecule has 1 atom stereocenters. The normalized spacial score (nSPS) is 13.3. The molecule has 6 heteroatoms. The van der Waals surface area contributed by atoms with E-state index in [1.807, 2.05) is 0 Å². The second kappa shape index (κ2) is 6.86. The molecule has 0 aliphatic carbocycles. The highest BCUT2D eigenvalue weighted by Crippen LogP contribution is 2.25. The first kappa shape index (κ1) is 15.9. The van der Waals surface area contributed by atoms with Gasteiger partial charge >= 0.3 is 0 Å². The van der Waals surface area contributed by atoms with Crippen LogP contribution in [0.3, 0.4) is 0 Å². The van der Waals surface area contributed by atoms with Gasteiger partial charge < -0.3 is 9.84 Å². The molecule has 108 valence electrons. The van der Waals surface area contributed by atoms with Crippen LogP contribution in [0.1, 0.15) is 31.9 Å². The molecular weight excluding hydrogens is 271 g/mol. The molecule has 0 heterocycles. The predicted molar refractivity (Wildman–Crippen MR) is 71.5 cm³/mol. The molecule has 1 rings (SSSR count). The molecule has 1 unspecified atom stereocenters. The van der Waals surface area contributed by atoms with E-state index in [0.717, 1.165) is 0 Å². The summed E-state index contributed by atoms with van der Waals surface area (Å²) in [6, 6.07) is 3.78. The lowest BCUT2D eigenvalue weighted by atomic mass is 10.1. The molecular formula is C13H19FO4S. The standard InChI is InChI=1S/C13H19FO4S/c1-3-7-19(16,17)8-6-18-13-5-4-11(14)9-12(13)10(2)15/h4-5,9-10,15H,3,6-8H2,1-2H3. The Hall–Kier alpha value is -1.14. The Labute approximate surface area is 113 Å². The number of sulfone groups is 1. The fourth-order valence-corrected chi connectivity index (χ4v) is 2.83. The second-order valence-corrected chi connectivity index (χ2v) is 6.66. The minimum absolute atomic E-state index is 0.00626. The van der Waals surface area contributed by atoms with Gasteiger partial charge in [-0.25, -0.2) is 12.8 Å². The van der Waals surface area contributed by atoms with Gasteiger partial charge in [-0.1, -0.05) is 6.92 Å². The summed E-state index contributed by atoms with van der Waals surface area (Å²) in [5, 5.41) is 9.51. The van der Waals surface area contributed by atoms with Crippen molar-refractivity contribution in [3.63, 3.8) is 0 Å². The number of hydrogen-bond donors (Lipinski definition) is 1. The number of rotatable bonds is 7. The van der Waals surface area contributed by atoms with Gasteiger partial charge in [0.05, 0.1) is 17.6 Å². The van der Waals surface area contributed by atoms with Crippen LogP contribution < -0.4 is 4.74 Å². The monoisotopic (exact) mass is 290 g/mol. The molecule has 0 saturated heterocycles. The van der Waals surface area contributed by atoms with E-state index in [0.29, 0.717) is 17.7 Å². The Morgan fingerprint density at radius 1 is 1.37 bits per heavy atom. The summed E-state index contributed by atoms with van der Waals surface area (Å²) in [6.07, 6.45) is -0.310. The van der Waals surface area contributed by atoms with Gasteiger partial charge in [0.25, 0.3) is 0 Å². The molecule has 0 radical (unpaired) electrons. The predicted octanol–water partition coefficient (Wildman–Crippen LogP) is 2.08. The lowest BCUT2D eigenvalue weighted by Gasteiger charge is -2.13. The van der Waals surface area contributed by atoms with Crippen LogP contribution in [0.5, 0.6) is 5.75 Å². The van der Waals surface area contributed by atoms with Crippen LogP contribution in [0.2, 0.25) is 0 Å². The lowest BCUT2D eigenvalue weighted by Crippen LogP contribution is -2.17. The summed E-state index contributed by atoms with van der Waals surface area (Å²) < 4.78 is 41.4. The average Bonchev–Trinajstić information content (AvgIpc) is 2.30. The largest absolute Gasteiger partial charge is 0.492 e. The van der Waals surface area contributed by atoms with Crippen LogP contribution >= 0.6 is 0 Å². The molecule has 0 aromatic heterocycles. The highest BCUT2D eigenvalue weighted by atomic mass is 32.2. The summed E-state index contributed by atoms with van der Waals surface area (Å²) in [7, 11) is -3.10. The first-order valence-electron chi connectivity index (χ1n) is 6.16. The SMILES string of the molecule is CCCS(=O)(=O)CCOc1ccc(F)cc1C(C)O. The Bertz CT molecular complexity index is 511. The molecule has 4 nitrogen and oxygen atoms in total. The van der Waals surface area contributed by atoms with Crippen LogP contribution in [0.25, 0.3) is 0 Å². The molecule has 19 heavy (non-hydrogen) atoms. The van der Waals surface area contributed by atoms with E-state index in [9.17, 15) is 17.9 Å². The number of benzene rings is 1. The maximum absolute atomic E-state index is 13.1. The lowest BCUT2D eigenvalue weighted by molar-refractivity contribution is 0.191. The topological polar surface area (TPSA) is 63.6 Å². The van der Waals surface area contributed by atoms with Gasteiger partial charge in [0.2, 0.25) is 0 Å². The van der Waals surface area contributed by atoms with E-state index in [-0.39, 0.29) is 18.1 Å². The maximum atomic E-state index is 13.1. The van der Waals surface area contributed by atoms with Gasteiger partial charge in [-0.2, -0.15) is 0 Å². The van der Waals surface area contributed by atoms with Crippen LogP contribution in [-0.2, 0) is 9.84 Å². The van der Waals surface area contributed by atoms with Gasteiger partial charge in [-0.05, 0) is 31.5 Å². The van der Waals surface area contributed by atoms with Crippen molar-refractivity contribution in [1.29, 1.82) is 0 Å². The molecule has 0 fully saturated rings. The van der Waals surface area contributed by atoms with Crippen molar-refractivity contribution in [3.8, 4) is 5.75 Å². The van der Waals surface area contributed by atoms with E-state index in [2.05, 4.69) is 0 Å². The quantitative estimate of drug-likeness (QED) is 0.835. The summed E-state index contributed by atoms with van der Waals surface area (Å²) in [5.74, 6) is -0.120. The summed E-state index contributed by atoms with van der Waals surface area (Å²) in [6.45, 7) is 3.28. The Morgan fingerprint density at radius 2 is 2.05 bits per heavy atom.